The third kappa shape index (κ3) is 7.97. The van der Waals surface area contributed by atoms with Crippen LogP contribution in [0.25, 0.3) is 0 Å². The molecular formula is C33H48N10. The van der Waals surface area contributed by atoms with Gasteiger partial charge in [0.15, 0.2) is 0 Å². The summed E-state index contributed by atoms with van der Waals surface area (Å²) in [5.41, 5.74) is 5.17. The molecule has 0 N–H and O–H groups in total. The van der Waals surface area contributed by atoms with Gasteiger partial charge in [0, 0.05) is 84.6 Å². The van der Waals surface area contributed by atoms with E-state index in [0.29, 0.717) is 0 Å². The number of aliphatic imine (C=N–C) groups is 3. The molecule has 0 aliphatic rings. The first-order valence-electron chi connectivity index (χ1n) is 14.2. The molecule has 10 nitrogen and oxygen atoms in total. The van der Waals surface area contributed by atoms with Crippen molar-refractivity contribution in [2.45, 2.75) is 0 Å². The maximum atomic E-state index is 5.15. The van der Waals surface area contributed by atoms with E-state index >= 15 is 0 Å². The summed E-state index contributed by atoms with van der Waals surface area (Å²) in [5.74, 6) is 2.49. The molecule has 3 rings (SSSR count). The number of nitrogens with zero attached hydrogens (tertiary/aromatic N) is 10. The van der Waals surface area contributed by atoms with E-state index in [-0.39, 0.29) is 0 Å². The largest absolute Gasteiger partial charge is 0.349 e. The summed E-state index contributed by atoms with van der Waals surface area (Å²) in [5, 5.41) is 0. The summed E-state index contributed by atoms with van der Waals surface area (Å²) in [6, 6.07) is 24.6. The molecule has 0 unspecified atom stereocenters. The van der Waals surface area contributed by atoms with Crippen molar-refractivity contribution in [2.75, 3.05) is 89.5 Å². The Balaban J connectivity index is 2.47. The van der Waals surface area contributed by atoms with E-state index < -0.39 is 0 Å². The molecule has 3 aromatic carbocycles. The van der Waals surface area contributed by atoms with Crippen molar-refractivity contribution in [3.8, 4) is 0 Å². The molecule has 0 radical (unpaired) electrons. The predicted molar refractivity (Wildman–Crippen MR) is 185 cm³/mol. The SMILES string of the molecule is CN(C)C(=Nc1ccccc1N(c1ccccc1N=C(N(C)C)N(C)C)c1ccccc1N=C(N(C)C)N(C)C)N(C)C. The van der Waals surface area contributed by atoms with E-state index in [1.807, 2.05) is 169 Å². The fourth-order valence-corrected chi connectivity index (χ4v) is 4.76. The van der Waals surface area contributed by atoms with Gasteiger partial charge in [-0.2, -0.15) is 0 Å². The van der Waals surface area contributed by atoms with E-state index in [9.17, 15) is 0 Å². The molecule has 0 aliphatic carbocycles. The van der Waals surface area contributed by atoms with Crippen molar-refractivity contribution in [3.63, 3.8) is 0 Å². The Morgan fingerprint density at radius 2 is 0.558 bits per heavy atom. The topological polar surface area (TPSA) is 59.8 Å². The molecule has 0 heterocycles. The number of benzene rings is 3. The van der Waals surface area contributed by atoms with Gasteiger partial charge in [-0.1, -0.05) is 36.4 Å². The van der Waals surface area contributed by atoms with Crippen molar-refractivity contribution in [1.82, 2.24) is 29.4 Å². The summed E-state index contributed by atoms with van der Waals surface area (Å²) < 4.78 is 0. The molecule has 0 atom stereocenters. The molecule has 0 saturated heterocycles. The van der Waals surface area contributed by atoms with Crippen LogP contribution in [0.2, 0.25) is 0 Å². The average Bonchev–Trinajstić information content (AvgIpc) is 2.94. The second-order valence-corrected chi connectivity index (χ2v) is 11.4. The zero-order chi connectivity index (χ0) is 31.8. The molecule has 0 aliphatic heterocycles. The molecule has 0 bridgehead atoms. The monoisotopic (exact) mass is 584 g/mol. The molecule has 0 saturated carbocycles. The van der Waals surface area contributed by atoms with Crippen molar-refractivity contribution in [1.29, 1.82) is 0 Å². The van der Waals surface area contributed by atoms with Gasteiger partial charge < -0.3 is 34.3 Å². The fourth-order valence-electron chi connectivity index (χ4n) is 4.76. The minimum absolute atomic E-state index is 0.818. The number of para-hydroxylation sites is 6. The molecule has 230 valence electrons. The molecule has 0 spiro atoms. The highest BCUT2D eigenvalue weighted by Crippen LogP contribution is 2.47. The van der Waals surface area contributed by atoms with Gasteiger partial charge >= 0.3 is 0 Å². The van der Waals surface area contributed by atoms with Crippen LogP contribution in [0.1, 0.15) is 0 Å². The minimum Gasteiger partial charge on any atom is -0.349 e. The van der Waals surface area contributed by atoms with Crippen LogP contribution in [0, 0.1) is 0 Å². The number of guanidine groups is 3. The first-order chi connectivity index (χ1) is 20.3. The Labute approximate surface area is 258 Å². The summed E-state index contributed by atoms with van der Waals surface area (Å²) in [6.45, 7) is 0. The van der Waals surface area contributed by atoms with Crippen molar-refractivity contribution < 1.29 is 0 Å². The van der Waals surface area contributed by atoms with Gasteiger partial charge in [0.1, 0.15) is 0 Å². The van der Waals surface area contributed by atoms with Crippen LogP contribution >= 0.6 is 0 Å². The molecule has 10 heteroatoms. The highest BCUT2D eigenvalue weighted by atomic mass is 15.4. The lowest BCUT2D eigenvalue weighted by Crippen LogP contribution is -2.35. The summed E-state index contributed by atoms with van der Waals surface area (Å²) in [6.07, 6.45) is 0. The quantitative estimate of drug-likeness (QED) is 0.281. The van der Waals surface area contributed by atoms with E-state index in [1.54, 1.807) is 0 Å². The van der Waals surface area contributed by atoms with Gasteiger partial charge in [0.05, 0.1) is 34.1 Å². The third-order valence-electron chi connectivity index (χ3n) is 6.43. The zero-order valence-corrected chi connectivity index (χ0v) is 27.9. The fraction of sp³-hybridized carbons (Fsp3) is 0.364. The van der Waals surface area contributed by atoms with Crippen LogP contribution in [0.3, 0.4) is 0 Å². The lowest BCUT2D eigenvalue weighted by Gasteiger charge is -2.31. The standard InChI is InChI=1S/C33H48N10/c1-37(2)31(38(3)4)34-25-19-13-16-22-28(25)43(29-23-17-14-20-26(29)35-32(39(5)6)40(7)8)30-24-18-15-21-27(30)36-33(41(9)10)42(11)12/h13-24H,1-12H3. The first-order valence-corrected chi connectivity index (χ1v) is 14.2. The lowest BCUT2D eigenvalue weighted by atomic mass is 10.1. The van der Waals surface area contributed by atoms with E-state index in [2.05, 4.69) is 23.1 Å². The van der Waals surface area contributed by atoms with Crippen LogP contribution in [0.4, 0.5) is 34.1 Å². The number of rotatable bonds is 6. The molecule has 3 aromatic rings. The van der Waals surface area contributed by atoms with E-state index in [0.717, 1.165) is 52.0 Å². The number of hydrogen-bond donors (Lipinski definition) is 0. The molecular weight excluding hydrogens is 536 g/mol. The summed E-state index contributed by atoms with van der Waals surface area (Å²) >= 11 is 0. The molecule has 43 heavy (non-hydrogen) atoms. The van der Waals surface area contributed by atoms with Crippen LogP contribution in [0.5, 0.6) is 0 Å². The van der Waals surface area contributed by atoms with Crippen LogP contribution in [-0.4, -0.2) is 132 Å². The predicted octanol–water partition coefficient (Wildman–Crippen LogP) is 5.49. The van der Waals surface area contributed by atoms with Gasteiger partial charge in [-0.25, -0.2) is 15.0 Å². The van der Waals surface area contributed by atoms with Gasteiger partial charge in [0.2, 0.25) is 17.9 Å². The number of hydrogen-bond acceptors (Lipinski definition) is 4. The first kappa shape index (κ1) is 32.8. The van der Waals surface area contributed by atoms with Crippen LogP contribution in [-0.2, 0) is 0 Å². The Hall–Kier alpha value is -4.73. The van der Waals surface area contributed by atoms with E-state index in [4.69, 9.17) is 15.0 Å². The normalized spacial score (nSPS) is 10.3. The van der Waals surface area contributed by atoms with Gasteiger partial charge in [0.25, 0.3) is 0 Å². The van der Waals surface area contributed by atoms with Crippen LogP contribution in [0.15, 0.2) is 87.8 Å². The summed E-state index contributed by atoms with van der Waals surface area (Å²) in [4.78, 5) is 29.7. The molecule has 0 aromatic heterocycles. The maximum Gasteiger partial charge on any atom is 0.200 e. The van der Waals surface area contributed by atoms with E-state index in [1.165, 1.54) is 0 Å². The Morgan fingerprint density at radius 3 is 0.767 bits per heavy atom. The maximum absolute atomic E-state index is 5.15. The highest BCUT2D eigenvalue weighted by Gasteiger charge is 2.23. The lowest BCUT2D eigenvalue weighted by molar-refractivity contribution is 0.484. The zero-order valence-electron chi connectivity index (χ0n) is 27.9. The Bertz CT molecular complexity index is 1250. The van der Waals surface area contributed by atoms with Crippen molar-refractivity contribution in [2.24, 2.45) is 15.0 Å². The summed E-state index contributed by atoms with van der Waals surface area (Å²) in [7, 11) is 24.0. The van der Waals surface area contributed by atoms with Gasteiger partial charge in [-0.05, 0) is 36.4 Å². The van der Waals surface area contributed by atoms with Crippen molar-refractivity contribution >= 4 is 52.0 Å². The smallest absolute Gasteiger partial charge is 0.200 e. The second-order valence-electron chi connectivity index (χ2n) is 11.4. The van der Waals surface area contributed by atoms with Crippen molar-refractivity contribution in [3.05, 3.63) is 72.8 Å². The van der Waals surface area contributed by atoms with Crippen LogP contribution < -0.4 is 4.90 Å². The Morgan fingerprint density at radius 1 is 0.349 bits per heavy atom. The third-order valence-corrected chi connectivity index (χ3v) is 6.43. The minimum atomic E-state index is 0.818. The highest BCUT2D eigenvalue weighted by molar-refractivity contribution is 5.96. The van der Waals surface area contributed by atoms with Gasteiger partial charge in [-0.15, -0.1) is 0 Å². The van der Waals surface area contributed by atoms with Gasteiger partial charge in [-0.3, -0.25) is 0 Å². The average molecular weight is 585 g/mol. The molecule has 0 amide bonds. The molecule has 0 fully saturated rings. The Kier molecular flexibility index (Phi) is 11.0. The number of anilines is 3. The second kappa shape index (κ2) is 14.4.